The van der Waals surface area contributed by atoms with Crippen LogP contribution >= 0.6 is 0 Å². The van der Waals surface area contributed by atoms with Gasteiger partial charge in [0.05, 0.1) is 22.9 Å². The van der Waals surface area contributed by atoms with Crippen molar-refractivity contribution in [3.05, 3.63) is 77.0 Å². The van der Waals surface area contributed by atoms with Gasteiger partial charge in [0.25, 0.3) is 5.91 Å². The molecular formula is C26H22F2N4O2. The zero-order chi connectivity index (χ0) is 23.6. The molecular weight excluding hydrogens is 438 g/mol. The Bertz CT molecular complexity index is 1440. The van der Waals surface area contributed by atoms with Gasteiger partial charge in [-0.15, -0.1) is 0 Å². The predicted octanol–water partition coefficient (Wildman–Crippen LogP) is 4.91. The maximum Gasteiger partial charge on any atom is 0.254 e. The molecule has 8 heteroatoms. The average Bonchev–Trinajstić information content (AvgIpc) is 3.12. The Morgan fingerprint density at radius 2 is 1.85 bits per heavy atom. The van der Waals surface area contributed by atoms with E-state index in [1.165, 1.54) is 18.2 Å². The van der Waals surface area contributed by atoms with Crippen LogP contribution in [0.3, 0.4) is 0 Å². The number of aromatic hydroxyl groups is 1. The zero-order valence-electron chi connectivity index (χ0n) is 18.5. The number of benzene rings is 2. The molecule has 1 N–H and O–H groups in total. The number of nitrogens with zero attached hydrogens (tertiary/aromatic N) is 4. The lowest BCUT2D eigenvalue weighted by Gasteiger charge is -2.45. The number of piperidine rings is 1. The molecule has 1 saturated heterocycles. The summed E-state index contributed by atoms with van der Waals surface area (Å²) in [7, 11) is 1.78. The second kappa shape index (κ2) is 7.62. The molecule has 2 bridgehead atoms. The zero-order valence-corrected chi connectivity index (χ0v) is 18.5. The van der Waals surface area contributed by atoms with Gasteiger partial charge in [-0.1, -0.05) is 0 Å². The predicted molar refractivity (Wildman–Crippen MR) is 122 cm³/mol. The number of aryl methyl sites for hydroxylation is 1. The standard InChI is InChI=1S/C26H22F2N4O2/c1-31-25(16-10-17(27)12-18(28)11-16)20-13-19-3-2-4-22(24(20)30-31)32(19)26(34)15-5-7-21-14(9-15)6-8-23(33)29-21/h5-12,19,22H,2-4,13H2,1H3,(H,29,33)/t19-,22+/m0/s1. The van der Waals surface area contributed by atoms with Crippen LogP contribution in [0.25, 0.3) is 22.2 Å². The largest absolute Gasteiger partial charge is 0.493 e. The first-order chi connectivity index (χ1) is 16.4. The molecule has 4 aromatic rings. The quantitative estimate of drug-likeness (QED) is 0.461. The molecule has 2 aliphatic heterocycles. The fourth-order valence-electron chi connectivity index (χ4n) is 5.60. The van der Waals surface area contributed by atoms with E-state index in [4.69, 9.17) is 5.10 Å². The molecule has 2 aliphatic rings. The van der Waals surface area contributed by atoms with Crippen LogP contribution in [0.15, 0.2) is 48.5 Å². The van der Waals surface area contributed by atoms with Gasteiger partial charge in [-0.3, -0.25) is 9.48 Å². The highest BCUT2D eigenvalue weighted by atomic mass is 19.1. The lowest BCUT2D eigenvalue weighted by molar-refractivity contribution is 0.0392. The fourth-order valence-corrected chi connectivity index (χ4v) is 5.60. The minimum absolute atomic E-state index is 0.0197. The van der Waals surface area contributed by atoms with Crippen LogP contribution in [0.5, 0.6) is 5.88 Å². The highest BCUT2D eigenvalue weighted by Crippen LogP contribution is 2.45. The summed E-state index contributed by atoms with van der Waals surface area (Å²) in [6.07, 6.45) is 3.21. The van der Waals surface area contributed by atoms with Crippen molar-refractivity contribution in [1.29, 1.82) is 0 Å². The second-order valence-electron chi connectivity index (χ2n) is 9.09. The van der Waals surface area contributed by atoms with Crippen LogP contribution < -0.4 is 0 Å². The average molecular weight is 460 g/mol. The van der Waals surface area contributed by atoms with Crippen LogP contribution in [0.4, 0.5) is 8.78 Å². The molecule has 6 nitrogen and oxygen atoms in total. The number of hydrogen-bond acceptors (Lipinski definition) is 4. The SMILES string of the molecule is Cn1nc2c(c1-c1cc(F)cc(F)c1)C[C@@H]1CCC[C@H]2N1C(=O)c1ccc2nc(O)ccc2c1. The maximum atomic E-state index is 14.0. The summed E-state index contributed by atoms with van der Waals surface area (Å²) in [4.78, 5) is 19.7. The molecule has 2 aromatic carbocycles. The molecule has 4 heterocycles. The number of rotatable bonds is 2. The summed E-state index contributed by atoms with van der Waals surface area (Å²) in [5.41, 5.74) is 4.10. The molecule has 0 unspecified atom stereocenters. The maximum absolute atomic E-state index is 14.0. The number of halogens is 2. The topological polar surface area (TPSA) is 71.2 Å². The van der Waals surface area contributed by atoms with E-state index in [0.29, 0.717) is 28.8 Å². The third-order valence-electron chi connectivity index (χ3n) is 6.97. The monoisotopic (exact) mass is 460 g/mol. The summed E-state index contributed by atoms with van der Waals surface area (Å²) in [6, 6.07) is 11.8. The highest BCUT2D eigenvalue weighted by Gasteiger charge is 2.43. The van der Waals surface area contributed by atoms with E-state index in [1.807, 2.05) is 4.90 Å². The van der Waals surface area contributed by atoms with Crippen molar-refractivity contribution in [3.63, 3.8) is 0 Å². The second-order valence-corrected chi connectivity index (χ2v) is 9.09. The van der Waals surface area contributed by atoms with Crippen molar-refractivity contribution in [2.45, 2.75) is 37.8 Å². The molecule has 0 saturated carbocycles. The normalized spacial score (nSPS) is 19.3. The third kappa shape index (κ3) is 3.24. The molecule has 0 radical (unpaired) electrons. The molecule has 6 rings (SSSR count). The van der Waals surface area contributed by atoms with Crippen LogP contribution in [-0.2, 0) is 13.5 Å². The van der Waals surface area contributed by atoms with Gasteiger partial charge in [0.2, 0.25) is 5.88 Å². The van der Waals surface area contributed by atoms with Gasteiger partial charge >= 0.3 is 0 Å². The summed E-state index contributed by atoms with van der Waals surface area (Å²) in [5.74, 6) is -1.39. The summed E-state index contributed by atoms with van der Waals surface area (Å²) in [6.45, 7) is 0. The minimum atomic E-state index is -0.628. The Balaban J connectivity index is 1.41. The Morgan fingerprint density at radius 3 is 2.65 bits per heavy atom. The van der Waals surface area contributed by atoms with Crippen LogP contribution in [0.2, 0.25) is 0 Å². The van der Waals surface area contributed by atoms with E-state index in [9.17, 15) is 18.7 Å². The van der Waals surface area contributed by atoms with Crippen molar-refractivity contribution in [3.8, 4) is 17.1 Å². The minimum Gasteiger partial charge on any atom is -0.493 e. The van der Waals surface area contributed by atoms with Gasteiger partial charge in [0.1, 0.15) is 11.6 Å². The molecule has 1 fully saturated rings. The summed E-state index contributed by atoms with van der Waals surface area (Å²) in [5, 5.41) is 15.1. The highest BCUT2D eigenvalue weighted by molar-refractivity contribution is 5.98. The van der Waals surface area contributed by atoms with E-state index in [1.54, 1.807) is 36.0 Å². The number of amides is 1. The van der Waals surface area contributed by atoms with E-state index < -0.39 is 11.6 Å². The van der Waals surface area contributed by atoms with Crippen LogP contribution in [-0.4, -0.2) is 36.7 Å². The van der Waals surface area contributed by atoms with Crippen LogP contribution in [0.1, 0.15) is 46.9 Å². The molecule has 0 aliphatic carbocycles. The molecule has 1 amide bonds. The first kappa shape index (κ1) is 20.8. The fraction of sp³-hybridized carbons (Fsp3) is 0.269. The number of carbonyl (C=O) groups is 1. The number of pyridine rings is 1. The molecule has 2 aromatic heterocycles. The first-order valence-electron chi connectivity index (χ1n) is 11.3. The third-order valence-corrected chi connectivity index (χ3v) is 6.97. The summed E-state index contributed by atoms with van der Waals surface area (Å²) >= 11 is 0. The lowest BCUT2D eigenvalue weighted by Crippen LogP contribution is -2.49. The van der Waals surface area contributed by atoms with E-state index in [0.717, 1.165) is 42.0 Å². The summed E-state index contributed by atoms with van der Waals surface area (Å²) < 4.78 is 29.6. The van der Waals surface area contributed by atoms with Crippen LogP contribution in [0, 0.1) is 11.6 Å². The Hall–Kier alpha value is -3.81. The number of hydrogen-bond donors (Lipinski definition) is 1. The number of aromatic nitrogens is 3. The number of carbonyl (C=O) groups excluding carboxylic acids is 1. The van der Waals surface area contributed by atoms with Crippen molar-refractivity contribution in [1.82, 2.24) is 19.7 Å². The van der Waals surface area contributed by atoms with Crippen molar-refractivity contribution >= 4 is 16.8 Å². The first-order valence-corrected chi connectivity index (χ1v) is 11.3. The van der Waals surface area contributed by atoms with Gasteiger partial charge in [0, 0.05) is 47.3 Å². The Labute approximate surface area is 194 Å². The van der Waals surface area contributed by atoms with Crippen molar-refractivity contribution in [2.75, 3.05) is 0 Å². The lowest BCUT2D eigenvalue weighted by atomic mass is 9.81. The number of fused-ring (bicyclic) bond motifs is 5. The smallest absolute Gasteiger partial charge is 0.254 e. The van der Waals surface area contributed by atoms with Gasteiger partial charge in [-0.05, 0) is 62.1 Å². The molecule has 2 atom stereocenters. The van der Waals surface area contributed by atoms with Gasteiger partial charge in [-0.25, -0.2) is 13.8 Å². The van der Waals surface area contributed by atoms with E-state index >= 15 is 0 Å². The van der Waals surface area contributed by atoms with E-state index in [-0.39, 0.29) is 23.9 Å². The van der Waals surface area contributed by atoms with Gasteiger partial charge in [0.15, 0.2) is 0 Å². The van der Waals surface area contributed by atoms with Gasteiger partial charge in [-0.2, -0.15) is 5.10 Å². The molecule has 172 valence electrons. The van der Waals surface area contributed by atoms with Gasteiger partial charge < -0.3 is 10.0 Å². The van der Waals surface area contributed by atoms with Crippen molar-refractivity contribution in [2.24, 2.45) is 7.05 Å². The molecule has 0 spiro atoms. The van der Waals surface area contributed by atoms with Crippen molar-refractivity contribution < 1.29 is 18.7 Å². The molecule has 34 heavy (non-hydrogen) atoms. The van der Waals surface area contributed by atoms with E-state index in [2.05, 4.69) is 4.98 Å². The Morgan fingerprint density at radius 1 is 1.06 bits per heavy atom. The Kier molecular flexibility index (Phi) is 4.65.